The first-order valence-corrected chi connectivity index (χ1v) is 28.8. The van der Waals surface area contributed by atoms with Gasteiger partial charge in [-0.1, -0.05) is 127 Å². The van der Waals surface area contributed by atoms with E-state index in [1.165, 1.54) is 103 Å². The summed E-state index contributed by atoms with van der Waals surface area (Å²) in [4.78, 5) is 11.0. The van der Waals surface area contributed by atoms with E-state index in [4.69, 9.17) is 9.97 Å². The lowest BCUT2D eigenvalue weighted by atomic mass is 9.92. The zero-order valence-corrected chi connectivity index (χ0v) is 43.9. The first kappa shape index (κ1) is 43.7. The van der Waals surface area contributed by atoms with Gasteiger partial charge >= 0.3 is 0 Å². The van der Waals surface area contributed by atoms with Crippen LogP contribution in [0.25, 0.3) is 159 Å². The summed E-state index contributed by atoms with van der Waals surface area (Å²) in [7, 11) is 0. The number of hydrogen-bond acceptors (Lipinski definition) is 6. The average molecular weight is 1040 g/mol. The number of rotatable bonds is 7. The molecule has 354 valence electrons. The molecule has 0 atom stereocenters. The first-order chi connectivity index (χ1) is 37.6. The molecule has 76 heavy (non-hydrogen) atoms. The van der Waals surface area contributed by atoms with Gasteiger partial charge in [-0.05, 0) is 160 Å². The van der Waals surface area contributed by atoms with Gasteiger partial charge in [0.25, 0.3) is 0 Å². The minimum atomic E-state index is 0.682. The molecular weight excluding hydrogens is 997 g/mol. The SMILES string of the molecule is c1ccc(-c2nc(-c3cc(-c4ccc5sc6ccccc6c5c4)cc(-c4ccc5sc6ccccc6c5c4)c3)cc(-c3cc(-c4ccc5sc6ccccc6c5c4)cc(-c4ccc5sc6ccccc6c5c4)c3)n2)cc1. The Morgan fingerprint density at radius 3 is 0.789 bits per heavy atom. The van der Waals surface area contributed by atoms with Crippen molar-refractivity contribution in [2.75, 3.05) is 0 Å². The van der Waals surface area contributed by atoms with Crippen LogP contribution in [-0.4, -0.2) is 9.97 Å². The molecule has 0 radical (unpaired) electrons. The van der Waals surface area contributed by atoms with Crippen LogP contribution in [0.2, 0.25) is 0 Å². The van der Waals surface area contributed by atoms with E-state index < -0.39 is 0 Å². The van der Waals surface area contributed by atoms with E-state index in [0.29, 0.717) is 5.82 Å². The topological polar surface area (TPSA) is 25.8 Å². The third kappa shape index (κ3) is 7.40. The fraction of sp³-hybridized carbons (Fsp3) is 0. The van der Waals surface area contributed by atoms with E-state index >= 15 is 0 Å². The van der Waals surface area contributed by atoms with Crippen molar-refractivity contribution >= 4 is 126 Å². The molecule has 0 unspecified atom stereocenters. The Morgan fingerprint density at radius 1 is 0.184 bits per heavy atom. The van der Waals surface area contributed by atoms with Gasteiger partial charge in [-0.15, -0.1) is 45.3 Å². The standard InChI is InChI=1S/C70H40N2S4/c1-2-12-41(13-3-1)70-71-60(50-32-46(42-22-26-66-56(36-42)52-14-4-8-18-62(52)73-66)30-47(33-50)43-23-27-67-57(37-43)53-15-5-9-19-63(53)74-67)40-61(72-70)51-34-48(44-24-28-68-58(38-44)54-16-6-10-20-64(54)75-68)31-49(35-51)45-25-29-69-59(39-45)55-17-7-11-21-65(55)76-69/h1-40H. The van der Waals surface area contributed by atoms with Crippen LogP contribution in [0, 0.1) is 0 Å². The van der Waals surface area contributed by atoms with Gasteiger partial charge in [-0.25, -0.2) is 9.97 Å². The molecule has 16 rings (SSSR count). The maximum atomic E-state index is 5.50. The Kier molecular flexibility index (Phi) is 10.1. The first-order valence-electron chi connectivity index (χ1n) is 25.5. The van der Waals surface area contributed by atoms with Crippen LogP contribution in [0.5, 0.6) is 0 Å². The molecule has 0 amide bonds. The Hall–Kier alpha value is -8.62. The molecule has 6 heteroatoms. The van der Waals surface area contributed by atoms with E-state index in [1.807, 2.05) is 45.3 Å². The van der Waals surface area contributed by atoms with Gasteiger partial charge in [0.1, 0.15) is 0 Å². The summed E-state index contributed by atoms with van der Waals surface area (Å²) in [5, 5.41) is 10.3. The second-order valence-corrected chi connectivity index (χ2v) is 24.0. The van der Waals surface area contributed by atoms with Gasteiger partial charge in [-0.2, -0.15) is 0 Å². The third-order valence-electron chi connectivity index (χ3n) is 15.1. The van der Waals surface area contributed by atoms with Crippen LogP contribution in [0.3, 0.4) is 0 Å². The summed E-state index contributed by atoms with van der Waals surface area (Å²) in [5.41, 5.74) is 14.0. The number of benzene rings is 11. The molecule has 0 saturated carbocycles. The predicted molar refractivity (Wildman–Crippen MR) is 332 cm³/mol. The van der Waals surface area contributed by atoms with E-state index in [-0.39, 0.29) is 0 Å². The fourth-order valence-electron chi connectivity index (χ4n) is 11.3. The van der Waals surface area contributed by atoms with Crippen LogP contribution >= 0.6 is 45.3 Å². The van der Waals surface area contributed by atoms with Crippen LogP contribution in [0.15, 0.2) is 243 Å². The third-order valence-corrected chi connectivity index (χ3v) is 19.7. The lowest BCUT2D eigenvalue weighted by Crippen LogP contribution is -1.97. The molecule has 5 heterocycles. The second kappa shape index (κ2) is 17.5. The van der Waals surface area contributed by atoms with E-state index in [2.05, 4.69) is 243 Å². The molecule has 2 nitrogen and oxygen atoms in total. The molecule has 0 aliphatic rings. The van der Waals surface area contributed by atoms with Crippen molar-refractivity contribution in [2.45, 2.75) is 0 Å². The van der Waals surface area contributed by atoms with Gasteiger partial charge in [0.15, 0.2) is 5.82 Å². The highest BCUT2D eigenvalue weighted by Gasteiger charge is 2.19. The normalized spacial score (nSPS) is 11.9. The van der Waals surface area contributed by atoms with E-state index in [0.717, 1.165) is 50.3 Å². The quantitative estimate of drug-likeness (QED) is 0.159. The molecule has 0 aliphatic heterocycles. The summed E-state index contributed by atoms with van der Waals surface area (Å²) in [6.07, 6.45) is 0. The molecule has 16 aromatic rings. The highest BCUT2D eigenvalue weighted by atomic mass is 32.1. The average Bonchev–Trinajstić information content (AvgIpc) is 4.28. The summed E-state index contributed by atoms with van der Waals surface area (Å²) >= 11 is 7.41. The number of hydrogen-bond donors (Lipinski definition) is 0. The van der Waals surface area contributed by atoms with Crippen molar-refractivity contribution in [3.05, 3.63) is 243 Å². The summed E-state index contributed by atoms with van der Waals surface area (Å²) < 4.78 is 10.4. The number of thiophene rings is 4. The lowest BCUT2D eigenvalue weighted by Gasteiger charge is -2.15. The Bertz CT molecular complexity index is 4460. The molecule has 0 fully saturated rings. The molecule has 0 N–H and O–H groups in total. The molecule has 0 aliphatic carbocycles. The smallest absolute Gasteiger partial charge is 0.160 e. The lowest BCUT2D eigenvalue weighted by molar-refractivity contribution is 1.18. The maximum absolute atomic E-state index is 5.50. The monoisotopic (exact) mass is 1040 g/mol. The molecular formula is C70H40N2S4. The molecule has 0 bridgehead atoms. The Labute approximate surface area is 453 Å². The van der Waals surface area contributed by atoms with Crippen LogP contribution < -0.4 is 0 Å². The minimum Gasteiger partial charge on any atom is -0.228 e. The van der Waals surface area contributed by atoms with Crippen molar-refractivity contribution in [3.63, 3.8) is 0 Å². The highest BCUT2D eigenvalue weighted by Crippen LogP contribution is 2.44. The number of fused-ring (bicyclic) bond motifs is 12. The zero-order chi connectivity index (χ0) is 49.8. The number of nitrogens with zero attached hydrogens (tertiary/aromatic N) is 2. The van der Waals surface area contributed by atoms with Crippen LogP contribution in [0.4, 0.5) is 0 Å². The molecule has 0 spiro atoms. The summed E-state index contributed by atoms with van der Waals surface area (Å²) in [6, 6.07) is 89.6. The molecule has 0 saturated heterocycles. The van der Waals surface area contributed by atoms with Gasteiger partial charge in [0.05, 0.1) is 11.4 Å². The summed E-state index contributed by atoms with van der Waals surface area (Å²) in [5.74, 6) is 0.682. The molecule has 5 aromatic heterocycles. The van der Waals surface area contributed by atoms with Gasteiger partial charge in [-0.3, -0.25) is 0 Å². The van der Waals surface area contributed by atoms with Gasteiger partial charge in [0.2, 0.25) is 0 Å². The number of aromatic nitrogens is 2. The van der Waals surface area contributed by atoms with Crippen LogP contribution in [-0.2, 0) is 0 Å². The van der Waals surface area contributed by atoms with Crippen molar-refractivity contribution in [3.8, 4) is 78.4 Å². The van der Waals surface area contributed by atoms with Crippen molar-refractivity contribution in [2.24, 2.45) is 0 Å². The summed E-state index contributed by atoms with van der Waals surface area (Å²) in [6.45, 7) is 0. The van der Waals surface area contributed by atoms with Crippen molar-refractivity contribution in [1.82, 2.24) is 9.97 Å². The minimum absolute atomic E-state index is 0.682. The predicted octanol–water partition coefficient (Wildman–Crippen LogP) is 21.6. The van der Waals surface area contributed by atoms with Crippen molar-refractivity contribution in [1.29, 1.82) is 0 Å². The fourth-order valence-corrected chi connectivity index (χ4v) is 15.6. The largest absolute Gasteiger partial charge is 0.228 e. The Morgan fingerprint density at radius 2 is 0.461 bits per heavy atom. The van der Waals surface area contributed by atoms with E-state index in [9.17, 15) is 0 Å². The highest BCUT2D eigenvalue weighted by molar-refractivity contribution is 7.27. The van der Waals surface area contributed by atoms with E-state index in [1.54, 1.807) is 0 Å². The zero-order valence-electron chi connectivity index (χ0n) is 40.6. The Balaban J connectivity index is 0.925. The van der Waals surface area contributed by atoms with Crippen molar-refractivity contribution < 1.29 is 0 Å². The van der Waals surface area contributed by atoms with Gasteiger partial charge < -0.3 is 0 Å². The second-order valence-electron chi connectivity index (χ2n) is 19.7. The van der Waals surface area contributed by atoms with Gasteiger partial charge in [0, 0.05) is 97.4 Å². The maximum Gasteiger partial charge on any atom is 0.160 e. The van der Waals surface area contributed by atoms with Crippen LogP contribution in [0.1, 0.15) is 0 Å². The molecule has 11 aromatic carbocycles.